The minimum absolute atomic E-state index is 0.113. The first-order valence-electron chi connectivity index (χ1n) is 8.66. The molecular weight excluding hydrogens is 360 g/mol. The summed E-state index contributed by atoms with van der Waals surface area (Å²) in [7, 11) is 1.59. The molecule has 1 aromatic carbocycles. The minimum Gasteiger partial charge on any atom is -0.506 e. The van der Waals surface area contributed by atoms with Crippen LogP contribution in [-0.2, 0) is 11.4 Å². The summed E-state index contributed by atoms with van der Waals surface area (Å²) in [5.41, 5.74) is 2.74. The van der Waals surface area contributed by atoms with Crippen molar-refractivity contribution in [3.63, 3.8) is 0 Å². The highest BCUT2D eigenvalue weighted by Crippen LogP contribution is 2.26. The smallest absolute Gasteiger partial charge is 0.246 e. The number of amides is 1. The monoisotopic (exact) mass is 378 g/mol. The van der Waals surface area contributed by atoms with E-state index in [2.05, 4.69) is 20.6 Å². The van der Waals surface area contributed by atoms with Crippen molar-refractivity contribution < 1.29 is 19.1 Å². The Morgan fingerprint density at radius 2 is 2.25 bits per heavy atom. The number of fused-ring (bicyclic) bond motifs is 1. The summed E-state index contributed by atoms with van der Waals surface area (Å²) in [6, 6.07) is 8.22. The fraction of sp³-hybridized carbons (Fsp3) is 0.150. The van der Waals surface area contributed by atoms with Crippen molar-refractivity contribution in [2.24, 2.45) is 0 Å². The lowest BCUT2D eigenvalue weighted by atomic mass is 10.1. The molecule has 0 fully saturated rings. The number of pyridine rings is 1. The van der Waals surface area contributed by atoms with Crippen LogP contribution < -0.4 is 15.4 Å². The van der Waals surface area contributed by atoms with Gasteiger partial charge in [0.15, 0.2) is 5.58 Å². The second-order valence-corrected chi connectivity index (χ2v) is 6.16. The number of likely N-dealkylation sites (N-methyl/N-ethyl adjacent to an activating group) is 1. The molecule has 4 rings (SSSR count). The number of ether oxygens (including phenoxy) is 1. The molecule has 8 nitrogen and oxygen atoms in total. The summed E-state index contributed by atoms with van der Waals surface area (Å²) in [6.07, 6.45) is 6.63. The number of nitrogens with one attached hydrogen (secondary N) is 2. The van der Waals surface area contributed by atoms with E-state index in [4.69, 9.17) is 9.15 Å². The van der Waals surface area contributed by atoms with Gasteiger partial charge in [0, 0.05) is 19.3 Å². The van der Waals surface area contributed by atoms with Crippen LogP contribution in [0.2, 0.25) is 0 Å². The van der Waals surface area contributed by atoms with Crippen molar-refractivity contribution in [1.82, 2.24) is 20.6 Å². The Labute approximate surface area is 160 Å². The molecule has 0 spiro atoms. The van der Waals surface area contributed by atoms with Gasteiger partial charge in [-0.1, -0.05) is 6.08 Å². The van der Waals surface area contributed by atoms with Gasteiger partial charge in [-0.25, -0.2) is 4.98 Å². The Balaban J connectivity index is 1.48. The first kappa shape index (κ1) is 17.6. The van der Waals surface area contributed by atoms with Crippen LogP contribution in [0.3, 0.4) is 0 Å². The number of dihydropyridines is 1. The van der Waals surface area contributed by atoms with Gasteiger partial charge in [0.1, 0.15) is 29.7 Å². The van der Waals surface area contributed by atoms with Crippen molar-refractivity contribution in [3.05, 3.63) is 66.5 Å². The predicted octanol–water partition coefficient (Wildman–Crippen LogP) is 2.12. The normalized spacial score (nSPS) is 15.8. The third kappa shape index (κ3) is 3.66. The Hall–Kier alpha value is -3.81. The third-order valence-electron chi connectivity index (χ3n) is 4.22. The lowest BCUT2D eigenvalue weighted by Crippen LogP contribution is -2.40. The van der Waals surface area contributed by atoms with Gasteiger partial charge >= 0.3 is 0 Å². The number of aromatic nitrogens is 2. The quantitative estimate of drug-likeness (QED) is 0.624. The molecule has 0 saturated heterocycles. The molecule has 0 saturated carbocycles. The zero-order valence-electron chi connectivity index (χ0n) is 15.0. The lowest BCUT2D eigenvalue weighted by Gasteiger charge is -2.15. The van der Waals surface area contributed by atoms with Crippen molar-refractivity contribution in [2.75, 3.05) is 7.05 Å². The van der Waals surface area contributed by atoms with Crippen LogP contribution in [0.25, 0.3) is 16.7 Å². The number of aromatic hydroxyl groups is 1. The summed E-state index contributed by atoms with van der Waals surface area (Å²) < 4.78 is 11.5. The predicted molar refractivity (Wildman–Crippen MR) is 102 cm³/mol. The highest BCUT2D eigenvalue weighted by atomic mass is 16.5. The van der Waals surface area contributed by atoms with Gasteiger partial charge in [-0.05, 0) is 30.3 Å². The number of oxazole rings is 1. The molecule has 8 heteroatoms. The third-order valence-corrected chi connectivity index (χ3v) is 4.22. The van der Waals surface area contributed by atoms with E-state index in [9.17, 15) is 9.90 Å². The van der Waals surface area contributed by atoms with Gasteiger partial charge in [-0.3, -0.25) is 9.78 Å². The number of hydrogen-bond acceptors (Lipinski definition) is 7. The number of nitrogens with zero attached hydrogens (tertiary/aromatic N) is 2. The van der Waals surface area contributed by atoms with Crippen LogP contribution in [0.1, 0.15) is 11.6 Å². The number of hydrogen-bond donors (Lipinski definition) is 3. The number of carbonyl (C=O) groups is 1. The van der Waals surface area contributed by atoms with E-state index in [1.165, 1.54) is 6.20 Å². The van der Waals surface area contributed by atoms with Crippen LogP contribution in [0.5, 0.6) is 11.5 Å². The molecule has 1 aliphatic heterocycles. The SMILES string of the molecule is CNC(=O)C1C=CC(c2nc3cc(OCc4ccc(O)cn4)ccc3o2)=CN1. The van der Waals surface area contributed by atoms with Crippen molar-refractivity contribution >= 4 is 22.6 Å². The number of carbonyl (C=O) groups excluding carboxylic acids is 1. The van der Waals surface area contributed by atoms with Gasteiger partial charge in [0.25, 0.3) is 0 Å². The van der Waals surface area contributed by atoms with Crippen LogP contribution in [0.4, 0.5) is 0 Å². The van der Waals surface area contributed by atoms with Gasteiger partial charge in [-0.15, -0.1) is 0 Å². The van der Waals surface area contributed by atoms with Crippen LogP contribution in [-0.4, -0.2) is 34.1 Å². The summed E-state index contributed by atoms with van der Waals surface area (Å²) >= 11 is 0. The first-order valence-corrected chi connectivity index (χ1v) is 8.66. The fourth-order valence-electron chi connectivity index (χ4n) is 2.71. The molecule has 1 atom stereocenters. The van der Waals surface area contributed by atoms with E-state index in [0.717, 1.165) is 5.57 Å². The maximum absolute atomic E-state index is 11.6. The molecule has 1 amide bonds. The summed E-state index contributed by atoms with van der Waals surface area (Å²) in [5, 5.41) is 14.9. The number of benzene rings is 1. The molecule has 1 aliphatic rings. The second-order valence-electron chi connectivity index (χ2n) is 6.16. The number of allylic oxidation sites excluding steroid dienone is 2. The standard InChI is InChI=1S/C20H18N4O4/c1-21-19(26)16-6-2-12(9-23-16)20-24-17-8-15(5-7-18(17)28-20)27-11-13-3-4-14(25)10-22-13/h2-10,16,23,25H,11H2,1H3,(H,21,26). The van der Waals surface area contributed by atoms with Gasteiger partial charge in [0.2, 0.25) is 11.8 Å². The molecule has 0 radical (unpaired) electrons. The van der Waals surface area contributed by atoms with Crippen molar-refractivity contribution in [2.45, 2.75) is 12.6 Å². The van der Waals surface area contributed by atoms with E-state index in [1.807, 2.05) is 0 Å². The van der Waals surface area contributed by atoms with Gasteiger partial charge < -0.3 is 24.9 Å². The second kappa shape index (κ2) is 7.43. The van der Waals surface area contributed by atoms with Gasteiger partial charge in [0.05, 0.1) is 17.5 Å². The Morgan fingerprint density at radius 3 is 2.96 bits per heavy atom. The minimum atomic E-state index is -0.411. The molecule has 2 aromatic heterocycles. The highest BCUT2D eigenvalue weighted by molar-refractivity contribution is 5.86. The van der Waals surface area contributed by atoms with E-state index >= 15 is 0 Å². The summed E-state index contributed by atoms with van der Waals surface area (Å²) in [6.45, 7) is 0.273. The molecule has 0 aliphatic carbocycles. The van der Waals surface area contributed by atoms with Crippen LogP contribution in [0, 0.1) is 0 Å². The molecular formula is C20H18N4O4. The Kier molecular flexibility index (Phi) is 4.67. The molecule has 142 valence electrons. The molecule has 3 aromatic rings. The summed E-state index contributed by atoms with van der Waals surface area (Å²) in [4.78, 5) is 20.2. The largest absolute Gasteiger partial charge is 0.506 e. The summed E-state index contributed by atoms with van der Waals surface area (Å²) in [5.74, 6) is 1.08. The first-order chi connectivity index (χ1) is 13.6. The Morgan fingerprint density at radius 1 is 1.36 bits per heavy atom. The van der Waals surface area contributed by atoms with E-state index in [0.29, 0.717) is 28.4 Å². The average molecular weight is 378 g/mol. The molecule has 3 N–H and O–H groups in total. The van der Waals surface area contributed by atoms with E-state index in [-0.39, 0.29) is 18.3 Å². The zero-order chi connectivity index (χ0) is 19.5. The fourth-order valence-corrected chi connectivity index (χ4v) is 2.71. The maximum Gasteiger partial charge on any atom is 0.246 e. The Bertz CT molecular complexity index is 1070. The molecule has 28 heavy (non-hydrogen) atoms. The topological polar surface area (TPSA) is 110 Å². The van der Waals surface area contributed by atoms with E-state index in [1.54, 1.807) is 55.7 Å². The van der Waals surface area contributed by atoms with Crippen LogP contribution in [0.15, 0.2) is 59.3 Å². The van der Waals surface area contributed by atoms with E-state index < -0.39 is 6.04 Å². The zero-order valence-corrected chi connectivity index (χ0v) is 15.0. The van der Waals surface area contributed by atoms with Gasteiger partial charge in [-0.2, -0.15) is 0 Å². The van der Waals surface area contributed by atoms with Crippen molar-refractivity contribution in [3.8, 4) is 11.5 Å². The molecule has 0 bridgehead atoms. The van der Waals surface area contributed by atoms with Crippen LogP contribution >= 0.6 is 0 Å². The molecule has 3 heterocycles. The van der Waals surface area contributed by atoms with Crippen molar-refractivity contribution in [1.29, 1.82) is 0 Å². The number of rotatable bonds is 5. The highest BCUT2D eigenvalue weighted by Gasteiger charge is 2.18. The average Bonchev–Trinajstić information content (AvgIpc) is 3.16. The molecule has 1 unspecified atom stereocenters. The lowest BCUT2D eigenvalue weighted by molar-refractivity contribution is -0.121. The maximum atomic E-state index is 11.6.